The zero-order valence-electron chi connectivity index (χ0n) is 10.1. The van der Waals surface area contributed by atoms with Crippen molar-refractivity contribution in [2.75, 3.05) is 5.32 Å². The number of rotatable bonds is 3. The molecular weight excluding hydrogens is 226 g/mol. The first-order valence-electron chi connectivity index (χ1n) is 5.83. The van der Waals surface area contributed by atoms with Crippen molar-refractivity contribution < 1.29 is 4.98 Å². The normalized spacial score (nSPS) is 10.7. The fourth-order valence-corrected chi connectivity index (χ4v) is 1.88. The molecule has 0 amide bonds. The highest BCUT2D eigenvalue weighted by atomic mass is 15.5. The maximum atomic E-state index is 4.12. The second-order valence-corrected chi connectivity index (χ2v) is 4.19. The molecule has 0 aliphatic carbocycles. The molecular formula is C13H14N5+. The van der Waals surface area contributed by atoms with Crippen LogP contribution in [0.1, 0.15) is 5.56 Å². The average molecular weight is 240 g/mol. The summed E-state index contributed by atoms with van der Waals surface area (Å²) in [5, 5.41) is 11.5. The Morgan fingerprint density at radius 2 is 2.17 bits per heavy atom. The molecule has 2 heterocycles. The molecule has 0 saturated heterocycles. The third kappa shape index (κ3) is 2.02. The molecule has 0 fully saturated rings. The molecule has 5 heteroatoms. The quantitative estimate of drug-likeness (QED) is 0.757. The van der Waals surface area contributed by atoms with Crippen LogP contribution in [0.5, 0.6) is 0 Å². The van der Waals surface area contributed by atoms with Crippen LogP contribution in [0.25, 0.3) is 11.0 Å². The fraction of sp³-hybridized carbons (Fsp3) is 0.154. The standard InChI is InChI=1S/C13H13N5/c1-10-6-7-14-13(8-10)15-9-18-12-5-3-2-4-11(12)16-17-18/h2-8H,9H2,1H3,(H,14,15)/p+1. The predicted octanol–water partition coefficient (Wildman–Crippen LogP) is 1.62. The number of H-pyrrole nitrogens is 1. The van der Waals surface area contributed by atoms with Gasteiger partial charge in [-0.25, -0.2) is 9.67 Å². The average Bonchev–Trinajstić information content (AvgIpc) is 2.80. The van der Waals surface area contributed by atoms with Crippen LogP contribution in [-0.2, 0) is 6.67 Å². The molecule has 2 aromatic heterocycles. The molecule has 5 nitrogen and oxygen atoms in total. The summed E-state index contributed by atoms with van der Waals surface area (Å²) in [6.07, 6.45) is 1.91. The number of hydrogen-bond donors (Lipinski definition) is 1. The number of pyridine rings is 1. The van der Waals surface area contributed by atoms with Gasteiger partial charge in [0.25, 0.3) is 5.82 Å². The van der Waals surface area contributed by atoms with Crippen LogP contribution in [0.15, 0.2) is 42.6 Å². The molecule has 0 spiro atoms. The number of aryl methyl sites for hydroxylation is 1. The minimum absolute atomic E-state index is 0.584. The van der Waals surface area contributed by atoms with Crippen LogP contribution in [0.3, 0.4) is 0 Å². The fourth-order valence-electron chi connectivity index (χ4n) is 1.88. The van der Waals surface area contributed by atoms with Gasteiger partial charge in [0.1, 0.15) is 5.52 Å². The molecule has 1 aromatic carbocycles. The highest BCUT2D eigenvalue weighted by molar-refractivity contribution is 5.73. The summed E-state index contributed by atoms with van der Waals surface area (Å²) in [5.74, 6) is 0.967. The number of nitrogens with one attached hydrogen (secondary N) is 2. The van der Waals surface area contributed by atoms with Crippen LogP contribution in [0, 0.1) is 6.92 Å². The molecule has 3 rings (SSSR count). The summed E-state index contributed by atoms with van der Waals surface area (Å²) < 4.78 is 1.84. The Morgan fingerprint density at radius 3 is 3.06 bits per heavy atom. The van der Waals surface area contributed by atoms with E-state index in [0.717, 1.165) is 16.9 Å². The van der Waals surface area contributed by atoms with E-state index in [0.29, 0.717) is 6.67 Å². The van der Waals surface area contributed by atoms with E-state index in [1.807, 2.05) is 41.2 Å². The first-order chi connectivity index (χ1) is 8.83. The second-order valence-electron chi connectivity index (χ2n) is 4.19. The molecule has 0 unspecified atom stereocenters. The molecule has 0 radical (unpaired) electrons. The molecule has 3 aromatic rings. The van der Waals surface area contributed by atoms with Crippen molar-refractivity contribution in [2.45, 2.75) is 13.6 Å². The van der Waals surface area contributed by atoms with Crippen molar-refractivity contribution in [3.05, 3.63) is 48.2 Å². The summed E-state index contributed by atoms with van der Waals surface area (Å²) in [5.41, 5.74) is 3.14. The van der Waals surface area contributed by atoms with Crippen LogP contribution in [0.4, 0.5) is 5.82 Å². The Balaban J connectivity index is 1.81. The molecule has 0 aliphatic rings. The Labute approximate surface area is 104 Å². The van der Waals surface area contributed by atoms with Gasteiger partial charge in [-0.2, -0.15) is 0 Å². The number of hydrogen-bond acceptors (Lipinski definition) is 3. The van der Waals surface area contributed by atoms with Gasteiger partial charge in [0.05, 0.1) is 11.7 Å². The van der Waals surface area contributed by atoms with Crippen LogP contribution in [0.2, 0.25) is 0 Å². The van der Waals surface area contributed by atoms with Crippen molar-refractivity contribution in [3.63, 3.8) is 0 Å². The largest absolute Gasteiger partial charge is 0.273 e. The van der Waals surface area contributed by atoms with E-state index < -0.39 is 0 Å². The van der Waals surface area contributed by atoms with Gasteiger partial charge in [-0.1, -0.05) is 17.3 Å². The molecule has 0 atom stereocenters. The van der Waals surface area contributed by atoms with E-state index in [4.69, 9.17) is 0 Å². The van der Waals surface area contributed by atoms with Gasteiger partial charge in [-0.05, 0) is 30.7 Å². The highest BCUT2D eigenvalue weighted by Crippen LogP contribution is 2.09. The number of para-hydroxylation sites is 1. The van der Waals surface area contributed by atoms with E-state index >= 15 is 0 Å². The number of benzene rings is 1. The second kappa shape index (κ2) is 4.44. The highest BCUT2D eigenvalue weighted by Gasteiger charge is 2.06. The summed E-state index contributed by atoms with van der Waals surface area (Å²) in [6, 6.07) is 12.0. The summed E-state index contributed by atoms with van der Waals surface area (Å²) >= 11 is 0. The maximum absolute atomic E-state index is 4.12. The maximum Gasteiger partial charge on any atom is 0.273 e. The Bertz CT molecular complexity index is 674. The van der Waals surface area contributed by atoms with Crippen LogP contribution in [-0.4, -0.2) is 15.0 Å². The zero-order valence-corrected chi connectivity index (χ0v) is 10.1. The van der Waals surface area contributed by atoms with Crippen molar-refractivity contribution in [1.82, 2.24) is 15.0 Å². The summed E-state index contributed by atoms with van der Waals surface area (Å²) in [6.45, 7) is 2.64. The van der Waals surface area contributed by atoms with Gasteiger partial charge in [0, 0.05) is 6.07 Å². The first kappa shape index (κ1) is 10.7. The molecule has 90 valence electrons. The van der Waals surface area contributed by atoms with E-state index in [9.17, 15) is 0 Å². The van der Waals surface area contributed by atoms with Gasteiger partial charge in [0.15, 0.2) is 6.67 Å². The summed E-state index contributed by atoms with van der Waals surface area (Å²) in [4.78, 5) is 3.15. The molecule has 0 saturated carbocycles. The minimum Gasteiger partial charge on any atom is -0.254 e. The first-order valence-corrected chi connectivity index (χ1v) is 5.83. The monoisotopic (exact) mass is 240 g/mol. The summed E-state index contributed by atoms with van der Waals surface area (Å²) in [7, 11) is 0. The van der Waals surface area contributed by atoms with Crippen LogP contribution < -0.4 is 10.3 Å². The molecule has 0 aliphatic heterocycles. The number of nitrogens with zero attached hydrogens (tertiary/aromatic N) is 3. The Morgan fingerprint density at radius 1 is 1.28 bits per heavy atom. The van der Waals surface area contributed by atoms with Crippen molar-refractivity contribution >= 4 is 16.9 Å². The topological polar surface area (TPSA) is 56.9 Å². The lowest BCUT2D eigenvalue weighted by atomic mass is 10.3. The lowest BCUT2D eigenvalue weighted by molar-refractivity contribution is -0.361. The molecule has 18 heavy (non-hydrogen) atoms. The Hall–Kier alpha value is -2.43. The van der Waals surface area contributed by atoms with Gasteiger partial charge in [0.2, 0.25) is 0 Å². The van der Waals surface area contributed by atoms with Crippen molar-refractivity contribution in [2.24, 2.45) is 0 Å². The molecule has 2 N–H and O–H groups in total. The SMILES string of the molecule is Cc1cc[nH+]c(NCn2nnc3ccccc32)c1. The predicted molar refractivity (Wildman–Crippen MR) is 68.9 cm³/mol. The lowest BCUT2D eigenvalue weighted by Gasteiger charge is -2.00. The number of anilines is 1. The Kier molecular flexibility index (Phi) is 2.64. The van der Waals surface area contributed by atoms with E-state index in [-0.39, 0.29) is 0 Å². The minimum atomic E-state index is 0.584. The van der Waals surface area contributed by atoms with E-state index in [1.54, 1.807) is 0 Å². The number of aromatic amines is 1. The van der Waals surface area contributed by atoms with E-state index in [1.165, 1.54) is 5.56 Å². The lowest BCUT2D eigenvalue weighted by Crippen LogP contribution is -2.16. The van der Waals surface area contributed by atoms with E-state index in [2.05, 4.69) is 33.6 Å². The van der Waals surface area contributed by atoms with Crippen LogP contribution >= 0.6 is 0 Å². The van der Waals surface area contributed by atoms with Crippen molar-refractivity contribution in [1.29, 1.82) is 0 Å². The van der Waals surface area contributed by atoms with Gasteiger partial charge >= 0.3 is 0 Å². The number of aromatic nitrogens is 4. The van der Waals surface area contributed by atoms with Gasteiger partial charge < -0.3 is 0 Å². The third-order valence-corrected chi connectivity index (χ3v) is 2.80. The third-order valence-electron chi connectivity index (χ3n) is 2.80. The molecule has 0 bridgehead atoms. The zero-order chi connectivity index (χ0) is 12.4. The van der Waals surface area contributed by atoms with Crippen molar-refractivity contribution in [3.8, 4) is 0 Å². The number of fused-ring (bicyclic) bond motifs is 1. The van der Waals surface area contributed by atoms with Gasteiger partial charge in [-0.3, -0.25) is 5.32 Å². The van der Waals surface area contributed by atoms with Gasteiger partial charge in [-0.15, -0.1) is 5.10 Å². The smallest absolute Gasteiger partial charge is 0.254 e.